The topological polar surface area (TPSA) is 97.6 Å². The predicted octanol–water partition coefficient (Wildman–Crippen LogP) is 3.81. The molecule has 4 N–H and O–H groups in total. The molecular formula is C25H23N5O2. The van der Waals surface area contributed by atoms with Crippen LogP contribution in [0.3, 0.4) is 0 Å². The number of fused-ring (bicyclic) bond motifs is 4. The van der Waals surface area contributed by atoms with Gasteiger partial charge in [0.25, 0.3) is 0 Å². The monoisotopic (exact) mass is 425 g/mol. The maximum absolute atomic E-state index is 11.1. The number of nitrogens with zero attached hydrogens (tertiary/aromatic N) is 3. The molecule has 1 atom stereocenters. The van der Waals surface area contributed by atoms with Crippen LogP contribution in [0, 0.1) is 0 Å². The zero-order valence-corrected chi connectivity index (χ0v) is 17.3. The van der Waals surface area contributed by atoms with E-state index in [0.29, 0.717) is 13.1 Å². The van der Waals surface area contributed by atoms with Gasteiger partial charge in [-0.05, 0) is 18.2 Å². The second-order valence-corrected chi connectivity index (χ2v) is 7.79. The van der Waals surface area contributed by atoms with Crippen molar-refractivity contribution >= 4 is 45.0 Å². The number of hydrogen-bond acceptors (Lipinski definition) is 3. The molecule has 0 aliphatic rings. The Labute approximate surface area is 184 Å². The standard InChI is InChI=1S/C25H23N5O2/c26-25(32)28-27-13-17-14-29(22-10-4-1-7-19(17)22)15-18(31)16-30-23-11-5-2-8-20(23)21-9-3-6-12-24(21)30/h1-14,18,31H,15-16H2,(H3,26,28,32). The van der Waals surface area contributed by atoms with Crippen molar-refractivity contribution in [3.8, 4) is 0 Å². The van der Waals surface area contributed by atoms with Gasteiger partial charge in [-0.2, -0.15) is 5.10 Å². The van der Waals surface area contributed by atoms with Gasteiger partial charge in [-0.15, -0.1) is 0 Å². The number of amides is 2. The van der Waals surface area contributed by atoms with Gasteiger partial charge in [-0.3, -0.25) is 0 Å². The molecule has 7 heteroatoms. The van der Waals surface area contributed by atoms with Crippen LogP contribution in [0.1, 0.15) is 5.56 Å². The lowest BCUT2D eigenvalue weighted by atomic mass is 10.2. The minimum atomic E-state index is -0.716. The van der Waals surface area contributed by atoms with Gasteiger partial charge in [0.15, 0.2) is 0 Å². The summed E-state index contributed by atoms with van der Waals surface area (Å²) >= 11 is 0. The van der Waals surface area contributed by atoms with E-state index in [9.17, 15) is 9.90 Å². The number of primary amides is 1. The van der Waals surface area contributed by atoms with Gasteiger partial charge < -0.3 is 20.0 Å². The summed E-state index contributed by atoms with van der Waals surface area (Å²) in [5.41, 5.74) is 11.3. The fourth-order valence-corrected chi connectivity index (χ4v) is 4.39. The van der Waals surface area contributed by atoms with Crippen LogP contribution in [0.15, 0.2) is 84.1 Å². The Balaban J connectivity index is 1.47. The number of nitrogens with two attached hydrogens (primary N) is 1. The molecule has 1 unspecified atom stereocenters. The minimum absolute atomic E-state index is 0.415. The average molecular weight is 425 g/mol. The van der Waals surface area contributed by atoms with Crippen LogP contribution < -0.4 is 11.2 Å². The number of urea groups is 1. The number of benzene rings is 3. The van der Waals surface area contributed by atoms with E-state index in [-0.39, 0.29) is 0 Å². The summed E-state index contributed by atoms with van der Waals surface area (Å²) in [5.74, 6) is 0. The number of aromatic nitrogens is 2. The fraction of sp³-hybridized carbons (Fsp3) is 0.120. The van der Waals surface area contributed by atoms with E-state index in [0.717, 1.165) is 27.5 Å². The Kier molecular flexibility index (Phi) is 5.09. The van der Waals surface area contributed by atoms with Gasteiger partial charge in [0, 0.05) is 44.5 Å². The maximum Gasteiger partial charge on any atom is 0.332 e. The van der Waals surface area contributed by atoms with Gasteiger partial charge in [0.2, 0.25) is 0 Å². The molecule has 0 bridgehead atoms. The third-order valence-corrected chi connectivity index (χ3v) is 5.68. The van der Waals surface area contributed by atoms with Crippen molar-refractivity contribution in [2.24, 2.45) is 10.8 Å². The number of para-hydroxylation sites is 3. The SMILES string of the molecule is NC(=O)NN=Cc1cn(CC(O)Cn2c3ccccc3c3ccccc32)c2ccccc12. The predicted molar refractivity (Wildman–Crippen MR) is 128 cm³/mol. The number of hydrazone groups is 1. The molecule has 0 saturated heterocycles. The highest BCUT2D eigenvalue weighted by molar-refractivity contribution is 6.08. The summed E-state index contributed by atoms with van der Waals surface area (Å²) in [6.45, 7) is 0.881. The average Bonchev–Trinajstić information content (AvgIpc) is 3.30. The van der Waals surface area contributed by atoms with Crippen LogP contribution in [0.25, 0.3) is 32.7 Å². The summed E-state index contributed by atoms with van der Waals surface area (Å²) in [6, 6.07) is 23.7. The van der Waals surface area contributed by atoms with Crippen LogP contribution in [-0.4, -0.2) is 32.6 Å². The molecule has 0 fully saturated rings. The number of aliphatic hydroxyl groups excluding tert-OH is 1. The van der Waals surface area contributed by atoms with Crippen molar-refractivity contribution in [3.63, 3.8) is 0 Å². The fourth-order valence-electron chi connectivity index (χ4n) is 4.39. The smallest absolute Gasteiger partial charge is 0.332 e. The minimum Gasteiger partial charge on any atom is -0.389 e. The van der Waals surface area contributed by atoms with Crippen molar-refractivity contribution in [1.29, 1.82) is 0 Å². The quantitative estimate of drug-likeness (QED) is 0.285. The lowest BCUT2D eigenvalue weighted by molar-refractivity contribution is 0.138. The molecule has 2 amide bonds. The summed E-state index contributed by atoms with van der Waals surface area (Å²) in [6.07, 6.45) is 2.87. The van der Waals surface area contributed by atoms with E-state index < -0.39 is 12.1 Å². The lowest BCUT2D eigenvalue weighted by Gasteiger charge is -2.15. The molecule has 5 aromatic rings. The van der Waals surface area contributed by atoms with Crippen molar-refractivity contribution < 1.29 is 9.90 Å². The molecule has 2 aromatic heterocycles. The van der Waals surface area contributed by atoms with Crippen LogP contribution in [0.4, 0.5) is 4.79 Å². The van der Waals surface area contributed by atoms with Gasteiger partial charge in [0.1, 0.15) is 0 Å². The Morgan fingerprint density at radius 1 is 0.906 bits per heavy atom. The van der Waals surface area contributed by atoms with Crippen molar-refractivity contribution in [2.45, 2.75) is 19.2 Å². The third kappa shape index (κ3) is 3.59. The first-order chi connectivity index (χ1) is 15.6. The zero-order valence-electron chi connectivity index (χ0n) is 17.3. The van der Waals surface area contributed by atoms with Crippen LogP contribution in [0.2, 0.25) is 0 Å². The molecular weight excluding hydrogens is 402 g/mol. The van der Waals surface area contributed by atoms with E-state index in [4.69, 9.17) is 5.73 Å². The van der Waals surface area contributed by atoms with Gasteiger partial charge in [-0.1, -0.05) is 54.6 Å². The van der Waals surface area contributed by atoms with Gasteiger partial charge in [-0.25, -0.2) is 10.2 Å². The summed E-state index contributed by atoms with van der Waals surface area (Å²) in [4.78, 5) is 10.9. The lowest BCUT2D eigenvalue weighted by Crippen LogP contribution is -2.24. The van der Waals surface area contributed by atoms with E-state index in [1.807, 2.05) is 59.3 Å². The molecule has 0 saturated carbocycles. The first-order valence-electron chi connectivity index (χ1n) is 10.4. The second-order valence-electron chi connectivity index (χ2n) is 7.79. The molecule has 0 aliphatic carbocycles. The van der Waals surface area contributed by atoms with E-state index in [2.05, 4.69) is 39.4 Å². The maximum atomic E-state index is 11.1. The molecule has 2 heterocycles. The van der Waals surface area contributed by atoms with Crippen molar-refractivity contribution in [2.75, 3.05) is 0 Å². The molecule has 5 rings (SSSR count). The molecule has 3 aromatic carbocycles. The van der Waals surface area contributed by atoms with E-state index in [1.165, 1.54) is 10.8 Å². The number of carbonyl (C=O) groups excluding carboxylic acids is 1. The van der Waals surface area contributed by atoms with Gasteiger partial charge in [0.05, 0.1) is 25.4 Å². The highest BCUT2D eigenvalue weighted by Crippen LogP contribution is 2.29. The van der Waals surface area contributed by atoms with Crippen LogP contribution in [-0.2, 0) is 13.1 Å². The third-order valence-electron chi connectivity index (χ3n) is 5.68. The van der Waals surface area contributed by atoms with Crippen molar-refractivity contribution in [1.82, 2.24) is 14.6 Å². The second kappa shape index (κ2) is 8.20. The first-order valence-corrected chi connectivity index (χ1v) is 10.4. The molecule has 0 radical (unpaired) electrons. The zero-order chi connectivity index (χ0) is 22.1. The van der Waals surface area contributed by atoms with E-state index >= 15 is 0 Å². The molecule has 0 aliphatic heterocycles. The van der Waals surface area contributed by atoms with Crippen LogP contribution in [0.5, 0.6) is 0 Å². The molecule has 160 valence electrons. The highest BCUT2D eigenvalue weighted by Gasteiger charge is 2.15. The highest BCUT2D eigenvalue weighted by atomic mass is 16.3. The largest absolute Gasteiger partial charge is 0.389 e. The Morgan fingerprint density at radius 2 is 1.47 bits per heavy atom. The Morgan fingerprint density at radius 3 is 2.09 bits per heavy atom. The van der Waals surface area contributed by atoms with E-state index in [1.54, 1.807) is 6.21 Å². The Hall–Kier alpha value is -4.10. The molecule has 32 heavy (non-hydrogen) atoms. The molecule has 0 spiro atoms. The number of aliphatic hydroxyl groups is 1. The molecule has 7 nitrogen and oxygen atoms in total. The number of carbonyl (C=O) groups is 1. The summed E-state index contributed by atoms with van der Waals surface area (Å²) < 4.78 is 4.19. The first kappa shape index (κ1) is 19.8. The normalized spacial score (nSPS) is 12.8. The number of hydrogen-bond donors (Lipinski definition) is 3. The van der Waals surface area contributed by atoms with Crippen molar-refractivity contribution in [3.05, 3.63) is 84.6 Å². The Bertz CT molecular complexity index is 1410. The number of nitrogens with one attached hydrogen (secondary N) is 1. The summed E-state index contributed by atoms with van der Waals surface area (Å²) in [5, 5.41) is 18.3. The van der Waals surface area contributed by atoms with Gasteiger partial charge >= 0.3 is 6.03 Å². The summed E-state index contributed by atoms with van der Waals surface area (Å²) in [7, 11) is 0. The number of rotatable bonds is 6. The van der Waals surface area contributed by atoms with Crippen LogP contribution >= 0.6 is 0 Å².